The number of rotatable bonds is 0. The fraction of sp³-hybridized carbons (Fsp3) is 0.909. The van der Waals surface area contributed by atoms with Crippen molar-refractivity contribution < 1.29 is 0 Å². The molecule has 0 aromatic heterocycles. The standard InChI is InChI=1S/C11H17/c1-7-5-8-6-11(7)10-4-2-3-9(8)10/h7-11H,1-6H2. The van der Waals surface area contributed by atoms with Crippen LogP contribution < -0.4 is 0 Å². The molecule has 0 amide bonds. The molecule has 5 atom stereocenters. The molecule has 61 valence electrons. The molecular weight excluding hydrogens is 132 g/mol. The van der Waals surface area contributed by atoms with Gasteiger partial charge in [0.25, 0.3) is 0 Å². The van der Waals surface area contributed by atoms with Gasteiger partial charge < -0.3 is 0 Å². The molecule has 1 radical (unpaired) electrons. The molecule has 0 aromatic carbocycles. The van der Waals surface area contributed by atoms with Crippen LogP contribution in [-0.2, 0) is 0 Å². The van der Waals surface area contributed by atoms with Crippen molar-refractivity contribution in [3.63, 3.8) is 0 Å². The first kappa shape index (κ1) is 6.51. The molecule has 0 spiro atoms. The Kier molecular flexibility index (Phi) is 1.20. The van der Waals surface area contributed by atoms with Gasteiger partial charge in [0.05, 0.1) is 0 Å². The minimum absolute atomic E-state index is 0.833. The first-order valence-electron chi connectivity index (χ1n) is 5.19. The van der Waals surface area contributed by atoms with Gasteiger partial charge in [0, 0.05) is 0 Å². The molecule has 5 unspecified atom stereocenters. The predicted octanol–water partition coefficient (Wildman–Crippen LogP) is 2.89. The average Bonchev–Trinajstić information content (AvgIpc) is 2.52. The maximum atomic E-state index is 4.28. The summed E-state index contributed by atoms with van der Waals surface area (Å²) in [6.45, 7) is 4.28. The fourth-order valence-electron chi connectivity index (χ4n) is 4.21. The van der Waals surface area contributed by atoms with Gasteiger partial charge in [-0.1, -0.05) is 6.42 Å². The molecule has 0 N–H and O–H groups in total. The largest absolute Gasteiger partial charge is 0.0527 e. The summed E-state index contributed by atoms with van der Waals surface area (Å²) in [5.41, 5.74) is 0. The lowest BCUT2D eigenvalue weighted by molar-refractivity contribution is 0.217. The van der Waals surface area contributed by atoms with Crippen molar-refractivity contribution >= 4 is 0 Å². The van der Waals surface area contributed by atoms with E-state index in [1.54, 1.807) is 12.8 Å². The van der Waals surface area contributed by atoms with Crippen molar-refractivity contribution in [2.45, 2.75) is 32.1 Å². The minimum Gasteiger partial charge on any atom is -0.0527 e. The third-order valence-corrected chi connectivity index (χ3v) is 4.57. The second kappa shape index (κ2) is 2.02. The van der Waals surface area contributed by atoms with Gasteiger partial charge in [-0.3, -0.25) is 0 Å². The number of hydrogen-bond donors (Lipinski definition) is 0. The van der Waals surface area contributed by atoms with E-state index in [0.29, 0.717) is 0 Å². The van der Waals surface area contributed by atoms with E-state index in [9.17, 15) is 0 Å². The van der Waals surface area contributed by atoms with E-state index in [1.165, 1.54) is 19.3 Å². The first-order chi connectivity index (χ1) is 5.36. The molecule has 3 aliphatic rings. The topological polar surface area (TPSA) is 0 Å². The quantitative estimate of drug-likeness (QED) is 0.497. The van der Waals surface area contributed by atoms with Crippen LogP contribution in [0, 0.1) is 36.5 Å². The molecule has 11 heavy (non-hydrogen) atoms. The average molecular weight is 149 g/mol. The fourth-order valence-corrected chi connectivity index (χ4v) is 4.21. The summed E-state index contributed by atoms with van der Waals surface area (Å²) >= 11 is 0. The molecule has 0 nitrogen and oxygen atoms in total. The highest BCUT2D eigenvalue weighted by molar-refractivity contribution is 5.03. The molecule has 2 bridgehead atoms. The van der Waals surface area contributed by atoms with Crippen LogP contribution in [0.5, 0.6) is 0 Å². The summed E-state index contributed by atoms with van der Waals surface area (Å²) < 4.78 is 0. The smallest absolute Gasteiger partial charge is 0.0352 e. The van der Waals surface area contributed by atoms with Gasteiger partial charge in [-0.25, -0.2) is 0 Å². The Hall–Kier alpha value is 0. The van der Waals surface area contributed by atoms with E-state index in [4.69, 9.17) is 0 Å². The Morgan fingerprint density at radius 3 is 2.64 bits per heavy atom. The third kappa shape index (κ3) is 0.711. The lowest BCUT2D eigenvalue weighted by Gasteiger charge is -2.28. The molecule has 0 heterocycles. The maximum absolute atomic E-state index is 4.28. The summed E-state index contributed by atoms with van der Waals surface area (Å²) in [7, 11) is 0. The minimum atomic E-state index is 0.833. The van der Waals surface area contributed by atoms with E-state index in [-0.39, 0.29) is 0 Å². The third-order valence-electron chi connectivity index (χ3n) is 4.57. The summed E-state index contributed by atoms with van der Waals surface area (Å²) in [6.07, 6.45) is 7.63. The zero-order valence-corrected chi connectivity index (χ0v) is 7.13. The van der Waals surface area contributed by atoms with Crippen LogP contribution >= 0.6 is 0 Å². The van der Waals surface area contributed by atoms with Crippen LogP contribution in [0.4, 0.5) is 0 Å². The van der Waals surface area contributed by atoms with Gasteiger partial charge in [-0.05, 0) is 62.2 Å². The van der Waals surface area contributed by atoms with Gasteiger partial charge in [-0.15, -0.1) is 0 Å². The lowest BCUT2D eigenvalue weighted by Crippen LogP contribution is -2.22. The van der Waals surface area contributed by atoms with E-state index in [0.717, 1.165) is 29.6 Å². The summed E-state index contributed by atoms with van der Waals surface area (Å²) in [5, 5.41) is 0. The molecule has 0 saturated heterocycles. The zero-order chi connectivity index (χ0) is 7.42. The monoisotopic (exact) mass is 149 g/mol. The molecule has 0 aromatic rings. The highest BCUT2D eigenvalue weighted by Gasteiger charge is 2.52. The molecule has 0 aliphatic heterocycles. The van der Waals surface area contributed by atoms with Gasteiger partial charge in [-0.2, -0.15) is 0 Å². The summed E-state index contributed by atoms with van der Waals surface area (Å²) in [5.74, 6) is 5.26. The predicted molar refractivity (Wildman–Crippen MR) is 45.9 cm³/mol. The number of hydrogen-bond acceptors (Lipinski definition) is 0. The SMILES string of the molecule is [CH2]C1CC2CC1C1CCCC21. The molecule has 0 heteroatoms. The highest BCUT2D eigenvalue weighted by Crippen LogP contribution is 2.60. The normalized spacial score (nSPS) is 60.3. The Balaban J connectivity index is 1.90. The lowest BCUT2D eigenvalue weighted by atomic mass is 9.77. The van der Waals surface area contributed by atoms with Crippen LogP contribution in [0.1, 0.15) is 32.1 Å². The van der Waals surface area contributed by atoms with Gasteiger partial charge in [0.2, 0.25) is 0 Å². The Bertz CT molecular complexity index is 173. The van der Waals surface area contributed by atoms with Crippen molar-refractivity contribution in [2.24, 2.45) is 29.6 Å². The van der Waals surface area contributed by atoms with Crippen LogP contribution in [0.25, 0.3) is 0 Å². The second-order valence-corrected chi connectivity index (χ2v) is 4.91. The van der Waals surface area contributed by atoms with E-state index in [1.807, 2.05) is 0 Å². The first-order valence-corrected chi connectivity index (χ1v) is 5.19. The van der Waals surface area contributed by atoms with Gasteiger partial charge in [0.1, 0.15) is 0 Å². The van der Waals surface area contributed by atoms with E-state index < -0.39 is 0 Å². The van der Waals surface area contributed by atoms with E-state index >= 15 is 0 Å². The summed E-state index contributed by atoms with van der Waals surface area (Å²) in [6, 6.07) is 0. The van der Waals surface area contributed by atoms with Crippen molar-refractivity contribution in [3.8, 4) is 0 Å². The van der Waals surface area contributed by atoms with Gasteiger partial charge >= 0.3 is 0 Å². The van der Waals surface area contributed by atoms with Crippen molar-refractivity contribution in [1.29, 1.82) is 0 Å². The zero-order valence-electron chi connectivity index (χ0n) is 7.13. The molecule has 3 saturated carbocycles. The maximum Gasteiger partial charge on any atom is -0.0352 e. The van der Waals surface area contributed by atoms with Gasteiger partial charge in [0.15, 0.2) is 0 Å². The Morgan fingerprint density at radius 1 is 0.909 bits per heavy atom. The molecular formula is C11H17. The molecule has 3 aliphatic carbocycles. The van der Waals surface area contributed by atoms with Crippen LogP contribution in [0.3, 0.4) is 0 Å². The Labute approximate surface area is 69.4 Å². The van der Waals surface area contributed by atoms with Crippen LogP contribution in [0.15, 0.2) is 0 Å². The van der Waals surface area contributed by atoms with Crippen molar-refractivity contribution in [2.75, 3.05) is 0 Å². The molecule has 3 fully saturated rings. The van der Waals surface area contributed by atoms with E-state index in [2.05, 4.69) is 6.92 Å². The van der Waals surface area contributed by atoms with Crippen molar-refractivity contribution in [3.05, 3.63) is 6.92 Å². The van der Waals surface area contributed by atoms with Crippen LogP contribution in [-0.4, -0.2) is 0 Å². The van der Waals surface area contributed by atoms with Crippen LogP contribution in [0.2, 0.25) is 0 Å². The summed E-state index contributed by atoms with van der Waals surface area (Å²) in [4.78, 5) is 0. The molecule has 3 rings (SSSR count). The Morgan fingerprint density at radius 2 is 1.73 bits per heavy atom. The highest BCUT2D eigenvalue weighted by atomic mass is 14.6. The van der Waals surface area contributed by atoms with Crippen molar-refractivity contribution in [1.82, 2.24) is 0 Å². The second-order valence-electron chi connectivity index (χ2n) is 4.91. The number of fused-ring (bicyclic) bond motifs is 5.